The Morgan fingerprint density at radius 1 is 0.902 bits per heavy atom. The van der Waals surface area contributed by atoms with Crippen LogP contribution in [-0.2, 0) is 23.6 Å². The normalized spacial score (nSPS) is 14.0. The highest BCUT2D eigenvalue weighted by Crippen LogP contribution is 2.28. The molecule has 1 aliphatic heterocycles. The van der Waals surface area contributed by atoms with Crippen LogP contribution in [0.25, 0.3) is 10.9 Å². The van der Waals surface area contributed by atoms with E-state index in [4.69, 9.17) is 14.6 Å². The number of aromatic nitrogens is 2. The fourth-order valence-corrected chi connectivity index (χ4v) is 6.62. The molecule has 0 atom stereocenters. The van der Waals surface area contributed by atoms with Crippen LogP contribution in [0.4, 0.5) is 18.9 Å². The second-order valence-corrected chi connectivity index (χ2v) is 13.5. The number of piperazine rings is 1. The number of hydrogen-bond donors (Lipinski definition) is 2. The van der Waals surface area contributed by atoms with E-state index in [0.29, 0.717) is 44.2 Å². The number of alkyl halides is 3. The Morgan fingerprint density at radius 2 is 1.59 bits per heavy atom. The van der Waals surface area contributed by atoms with Gasteiger partial charge in [0.15, 0.2) is 6.61 Å². The van der Waals surface area contributed by atoms with Crippen LogP contribution in [-0.4, -0.2) is 83.7 Å². The van der Waals surface area contributed by atoms with Crippen LogP contribution < -0.4 is 14.2 Å². The van der Waals surface area contributed by atoms with E-state index in [1.54, 1.807) is 40.8 Å². The molecule has 3 heterocycles. The van der Waals surface area contributed by atoms with Crippen molar-refractivity contribution in [3.8, 4) is 17.4 Å². The van der Waals surface area contributed by atoms with Gasteiger partial charge in [0.2, 0.25) is 5.88 Å². The molecule has 266 valence electrons. The summed E-state index contributed by atoms with van der Waals surface area (Å²) in [5, 5.41) is 9.87. The molecule has 16 heteroatoms. The summed E-state index contributed by atoms with van der Waals surface area (Å²) in [6, 6.07) is 21.5. The van der Waals surface area contributed by atoms with E-state index in [1.807, 2.05) is 12.1 Å². The van der Waals surface area contributed by atoms with E-state index < -0.39 is 28.8 Å². The first kappa shape index (κ1) is 35.2. The fourth-order valence-electron chi connectivity index (χ4n) is 5.58. The van der Waals surface area contributed by atoms with Crippen LogP contribution >= 0.6 is 0 Å². The molecule has 6 rings (SSSR count). The van der Waals surface area contributed by atoms with Crippen molar-refractivity contribution in [3.05, 3.63) is 108 Å². The van der Waals surface area contributed by atoms with E-state index >= 15 is 0 Å². The van der Waals surface area contributed by atoms with Crippen molar-refractivity contribution in [2.75, 3.05) is 37.5 Å². The first-order valence-corrected chi connectivity index (χ1v) is 17.1. The smallest absolute Gasteiger partial charge is 0.422 e. The summed E-state index contributed by atoms with van der Waals surface area (Å²) in [6.07, 6.45) is -3.10. The van der Waals surface area contributed by atoms with Gasteiger partial charge in [-0.1, -0.05) is 12.1 Å². The number of ether oxygens (including phenoxy) is 2. The fraction of sp³-hybridized carbons (Fsp3) is 0.229. The van der Waals surface area contributed by atoms with Crippen LogP contribution in [0.3, 0.4) is 0 Å². The van der Waals surface area contributed by atoms with Gasteiger partial charge in [-0.15, -0.1) is 0 Å². The zero-order valence-electron chi connectivity index (χ0n) is 27.1. The van der Waals surface area contributed by atoms with Crippen molar-refractivity contribution in [3.63, 3.8) is 0 Å². The topological polar surface area (TPSA) is 143 Å². The summed E-state index contributed by atoms with van der Waals surface area (Å²) in [6.45, 7) is 1.54. The van der Waals surface area contributed by atoms with Crippen molar-refractivity contribution >= 4 is 38.5 Å². The molecule has 0 saturated carbocycles. The van der Waals surface area contributed by atoms with Gasteiger partial charge in [-0.3, -0.25) is 14.4 Å². The van der Waals surface area contributed by atoms with E-state index in [2.05, 4.69) is 14.6 Å². The van der Waals surface area contributed by atoms with Crippen LogP contribution in [0.15, 0.2) is 96.0 Å². The molecule has 0 aliphatic carbocycles. The summed E-state index contributed by atoms with van der Waals surface area (Å²) < 4.78 is 77.5. The second-order valence-electron chi connectivity index (χ2n) is 11.8. The number of nitrogens with one attached hydrogen (secondary N) is 1. The van der Waals surface area contributed by atoms with E-state index in [9.17, 15) is 31.2 Å². The van der Waals surface area contributed by atoms with Crippen molar-refractivity contribution in [1.29, 1.82) is 0 Å². The predicted octanol–water partition coefficient (Wildman–Crippen LogP) is 5.76. The highest BCUT2D eigenvalue weighted by atomic mass is 32.2. The lowest BCUT2D eigenvalue weighted by atomic mass is 10.2. The number of aryl methyl sites for hydroxylation is 1. The Morgan fingerprint density at radius 3 is 2.22 bits per heavy atom. The molecular formula is C35H32F3N5O7S. The van der Waals surface area contributed by atoms with Gasteiger partial charge in [0.05, 0.1) is 27.9 Å². The summed E-state index contributed by atoms with van der Waals surface area (Å²) in [5.41, 5.74) is 2.34. The van der Waals surface area contributed by atoms with Crippen molar-refractivity contribution in [2.45, 2.75) is 17.6 Å². The quantitative estimate of drug-likeness (QED) is 0.174. The average Bonchev–Trinajstić information content (AvgIpc) is 3.43. The van der Waals surface area contributed by atoms with Crippen LogP contribution in [0.1, 0.15) is 26.4 Å². The van der Waals surface area contributed by atoms with Gasteiger partial charge in [-0.05, 0) is 66.2 Å². The third-order valence-corrected chi connectivity index (χ3v) is 9.65. The maximum atomic E-state index is 13.5. The first-order chi connectivity index (χ1) is 24.2. The molecule has 51 heavy (non-hydrogen) atoms. The minimum atomic E-state index is -4.40. The van der Waals surface area contributed by atoms with Gasteiger partial charge in [0, 0.05) is 57.3 Å². The van der Waals surface area contributed by atoms with E-state index in [0.717, 1.165) is 16.5 Å². The Bertz CT molecular complexity index is 2150. The van der Waals surface area contributed by atoms with Gasteiger partial charge in [0.1, 0.15) is 17.2 Å². The summed E-state index contributed by atoms with van der Waals surface area (Å²) in [5.74, 6) is -0.463. The first-order valence-electron chi connectivity index (χ1n) is 15.6. The Balaban J connectivity index is 1.04. The van der Waals surface area contributed by atoms with E-state index in [-0.39, 0.29) is 33.7 Å². The minimum absolute atomic E-state index is 0.0348. The van der Waals surface area contributed by atoms with Gasteiger partial charge < -0.3 is 24.0 Å². The molecule has 2 N–H and O–H groups in total. The number of aromatic carboxylic acids is 1. The van der Waals surface area contributed by atoms with Gasteiger partial charge >= 0.3 is 12.1 Å². The number of benzene rings is 3. The molecule has 1 amide bonds. The standard InChI is InChI=1S/C35H32F3N5O7S/c1-41-30-19-28(50-32-13-7-26(20-39-32)40-51(47,48)29-11-5-24(6-12-29)34(45)46)10-4-25(30)18-31(41)33(44)43-16-14-42(15-17-43)21-23-2-8-27(9-3-23)49-22-35(36,37)38/h2-13,18-20,40H,14-17,21-22H2,1H3,(H,45,46). The summed E-state index contributed by atoms with van der Waals surface area (Å²) in [4.78, 5) is 32.7. The number of carboxylic acids is 1. The van der Waals surface area contributed by atoms with Crippen molar-refractivity contribution in [2.24, 2.45) is 7.05 Å². The lowest BCUT2D eigenvalue weighted by Gasteiger charge is -2.34. The lowest BCUT2D eigenvalue weighted by Crippen LogP contribution is -2.48. The number of carboxylic acid groups (broad SMARTS) is 1. The largest absolute Gasteiger partial charge is 0.484 e. The highest BCUT2D eigenvalue weighted by Gasteiger charge is 2.28. The monoisotopic (exact) mass is 723 g/mol. The number of carbonyl (C=O) groups is 2. The molecular weight excluding hydrogens is 691 g/mol. The highest BCUT2D eigenvalue weighted by molar-refractivity contribution is 7.92. The molecule has 1 fully saturated rings. The van der Waals surface area contributed by atoms with Gasteiger partial charge in [-0.2, -0.15) is 13.2 Å². The molecule has 1 aliphatic rings. The third kappa shape index (κ3) is 8.59. The SMILES string of the molecule is Cn1c(C(=O)N2CCN(Cc3ccc(OCC(F)(F)F)cc3)CC2)cc2ccc(Oc3ccc(NS(=O)(=O)c4ccc(C(=O)O)cc4)cn3)cc21. The number of anilines is 1. The zero-order valence-corrected chi connectivity index (χ0v) is 27.9. The maximum Gasteiger partial charge on any atom is 0.422 e. The molecule has 0 bridgehead atoms. The molecule has 5 aromatic rings. The molecule has 0 radical (unpaired) electrons. The van der Waals surface area contributed by atoms with Crippen LogP contribution in [0.5, 0.6) is 17.4 Å². The number of amides is 1. The van der Waals surface area contributed by atoms with Crippen LogP contribution in [0.2, 0.25) is 0 Å². The van der Waals surface area contributed by atoms with Gasteiger partial charge in [-0.25, -0.2) is 18.2 Å². The Kier molecular flexibility index (Phi) is 9.89. The number of sulfonamides is 1. The Labute approximate surface area is 290 Å². The number of hydrogen-bond acceptors (Lipinski definition) is 8. The average molecular weight is 724 g/mol. The number of halogens is 3. The number of rotatable bonds is 11. The number of fused-ring (bicyclic) bond motifs is 1. The summed E-state index contributed by atoms with van der Waals surface area (Å²) in [7, 11) is -2.18. The summed E-state index contributed by atoms with van der Waals surface area (Å²) >= 11 is 0. The lowest BCUT2D eigenvalue weighted by molar-refractivity contribution is -0.153. The second kappa shape index (κ2) is 14.3. The van der Waals surface area contributed by atoms with E-state index in [1.165, 1.54) is 54.7 Å². The number of carbonyl (C=O) groups excluding carboxylic acids is 1. The van der Waals surface area contributed by atoms with Gasteiger partial charge in [0.25, 0.3) is 15.9 Å². The predicted molar refractivity (Wildman–Crippen MR) is 181 cm³/mol. The Hall–Kier alpha value is -5.61. The third-order valence-electron chi connectivity index (χ3n) is 8.25. The molecule has 1 saturated heterocycles. The number of nitrogens with zero attached hydrogens (tertiary/aromatic N) is 4. The molecule has 0 spiro atoms. The van der Waals surface area contributed by atoms with Crippen molar-refractivity contribution in [1.82, 2.24) is 19.4 Å². The van der Waals surface area contributed by atoms with Crippen molar-refractivity contribution < 1.29 is 45.8 Å². The molecule has 3 aromatic carbocycles. The molecule has 0 unspecified atom stereocenters. The molecule has 2 aromatic heterocycles. The molecule has 12 nitrogen and oxygen atoms in total. The zero-order chi connectivity index (χ0) is 36.3. The number of pyridine rings is 1. The maximum absolute atomic E-state index is 13.5. The minimum Gasteiger partial charge on any atom is -0.484 e. The van der Waals surface area contributed by atoms with Crippen LogP contribution in [0, 0.1) is 0 Å².